The lowest BCUT2D eigenvalue weighted by Crippen LogP contribution is -2.09. The number of hydrogen-bond donors (Lipinski definition) is 1. The molecule has 0 amide bonds. The second-order valence-electron chi connectivity index (χ2n) is 5.87. The monoisotopic (exact) mass is 336 g/mol. The van der Waals surface area contributed by atoms with Crippen LogP contribution < -0.4 is 10.1 Å². The summed E-state index contributed by atoms with van der Waals surface area (Å²) in [6, 6.07) is 6.01. The first-order valence-corrected chi connectivity index (χ1v) is 8.18. The highest BCUT2D eigenvalue weighted by Gasteiger charge is 2.18. The number of ether oxygens (including phenoxy) is 2. The van der Waals surface area contributed by atoms with Crippen molar-refractivity contribution in [2.45, 2.75) is 39.0 Å². The van der Waals surface area contributed by atoms with Crippen molar-refractivity contribution in [2.75, 3.05) is 18.5 Å². The summed E-state index contributed by atoms with van der Waals surface area (Å²) in [7, 11) is 0. The summed E-state index contributed by atoms with van der Waals surface area (Å²) in [5, 5.41) is 12.2. The fourth-order valence-electron chi connectivity index (χ4n) is 2.47. The second kappa shape index (κ2) is 7.19. The maximum absolute atomic E-state index is 6.31. The van der Waals surface area contributed by atoms with Crippen LogP contribution in [0.4, 0.5) is 5.82 Å². The summed E-state index contributed by atoms with van der Waals surface area (Å²) >= 11 is 6.31. The molecule has 124 valence electrons. The molecule has 1 fully saturated rings. The Morgan fingerprint density at radius 2 is 2.35 bits per heavy atom. The molecule has 0 saturated carbocycles. The fraction of sp³-hybridized carbons (Fsp3) is 0.500. The van der Waals surface area contributed by atoms with Gasteiger partial charge >= 0.3 is 0 Å². The molecule has 1 atom stereocenters. The molecular formula is C16H21ClN4O2. The molecular weight excluding hydrogens is 316 g/mol. The zero-order valence-corrected chi connectivity index (χ0v) is 14.1. The third-order valence-corrected chi connectivity index (χ3v) is 4.00. The van der Waals surface area contributed by atoms with Crippen LogP contribution in [0.25, 0.3) is 0 Å². The third-order valence-electron chi connectivity index (χ3n) is 3.65. The van der Waals surface area contributed by atoms with Crippen molar-refractivity contribution < 1.29 is 9.47 Å². The van der Waals surface area contributed by atoms with Crippen molar-refractivity contribution in [3.63, 3.8) is 0 Å². The number of anilines is 1. The van der Waals surface area contributed by atoms with Gasteiger partial charge in [0.05, 0.1) is 24.9 Å². The first-order chi connectivity index (χ1) is 11.1. The molecule has 1 aliphatic heterocycles. The minimum atomic E-state index is 0.129. The van der Waals surface area contributed by atoms with Gasteiger partial charge in [-0.1, -0.05) is 22.9 Å². The van der Waals surface area contributed by atoms with Crippen LogP contribution in [0.1, 0.15) is 31.9 Å². The van der Waals surface area contributed by atoms with Crippen LogP contribution >= 0.6 is 11.6 Å². The van der Waals surface area contributed by atoms with Gasteiger partial charge in [-0.2, -0.15) is 0 Å². The molecule has 1 unspecified atom stereocenters. The van der Waals surface area contributed by atoms with Gasteiger partial charge in [-0.3, -0.25) is 0 Å². The van der Waals surface area contributed by atoms with Crippen LogP contribution in [0.15, 0.2) is 24.4 Å². The van der Waals surface area contributed by atoms with Crippen molar-refractivity contribution in [3.8, 4) is 5.75 Å². The topological polar surface area (TPSA) is 61.2 Å². The maximum Gasteiger partial charge on any atom is 0.168 e. The quantitative estimate of drug-likeness (QED) is 0.877. The van der Waals surface area contributed by atoms with Crippen LogP contribution in [0.5, 0.6) is 5.75 Å². The highest BCUT2D eigenvalue weighted by atomic mass is 35.5. The van der Waals surface area contributed by atoms with Gasteiger partial charge in [-0.25, -0.2) is 4.68 Å². The van der Waals surface area contributed by atoms with Gasteiger partial charge in [0.25, 0.3) is 0 Å². The Morgan fingerprint density at radius 3 is 3.04 bits per heavy atom. The fourth-order valence-corrected chi connectivity index (χ4v) is 2.71. The van der Waals surface area contributed by atoms with E-state index in [1.807, 2.05) is 42.9 Å². The number of hydrogen-bond acceptors (Lipinski definition) is 5. The largest absolute Gasteiger partial charge is 0.491 e. The van der Waals surface area contributed by atoms with E-state index in [9.17, 15) is 0 Å². The Balaban J connectivity index is 1.59. The Labute approximate surface area is 140 Å². The lowest BCUT2D eigenvalue weighted by atomic mass is 10.2. The molecule has 0 aliphatic carbocycles. The summed E-state index contributed by atoms with van der Waals surface area (Å²) in [6.07, 6.45) is 3.01. The SMILES string of the molecule is CC(C)Oc1ccc(CNc2cn(C3CCOC3)nn2)c(Cl)c1. The average molecular weight is 337 g/mol. The Bertz CT molecular complexity index is 653. The van der Waals surface area contributed by atoms with Crippen molar-refractivity contribution in [3.05, 3.63) is 35.0 Å². The Hall–Kier alpha value is -1.79. The summed E-state index contributed by atoms with van der Waals surface area (Å²) in [6.45, 7) is 6.05. The average Bonchev–Trinajstić information content (AvgIpc) is 3.17. The van der Waals surface area contributed by atoms with Gasteiger partial charge in [0, 0.05) is 18.2 Å². The van der Waals surface area contributed by atoms with Gasteiger partial charge in [0.1, 0.15) is 5.75 Å². The van der Waals surface area contributed by atoms with Gasteiger partial charge in [-0.05, 0) is 38.0 Å². The molecule has 0 bridgehead atoms. The van der Waals surface area contributed by atoms with Crippen LogP contribution in [0, 0.1) is 0 Å². The van der Waals surface area contributed by atoms with E-state index in [0.717, 1.165) is 30.2 Å². The number of halogens is 1. The van der Waals surface area contributed by atoms with Gasteiger partial charge in [0.2, 0.25) is 0 Å². The Morgan fingerprint density at radius 1 is 1.48 bits per heavy atom. The molecule has 1 saturated heterocycles. The van der Waals surface area contributed by atoms with E-state index in [-0.39, 0.29) is 12.1 Å². The Kier molecular flexibility index (Phi) is 5.03. The predicted octanol–water partition coefficient (Wildman–Crippen LogP) is 3.29. The lowest BCUT2D eigenvalue weighted by molar-refractivity contribution is 0.184. The molecule has 1 aliphatic rings. The molecule has 2 heterocycles. The summed E-state index contributed by atoms with van der Waals surface area (Å²) in [5.41, 5.74) is 0.988. The van der Waals surface area contributed by atoms with Crippen LogP contribution in [-0.2, 0) is 11.3 Å². The van der Waals surface area contributed by atoms with Crippen molar-refractivity contribution >= 4 is 17.4 Å². The molecule has 1 aromatic carbocycles. The molecule has 7 heteroatoms. The lowest BCUT2D eigenvalue weighted by Gasteiger charge is -2.12. The standard InChI is InChI=1S/C16H21ClN4O2/c1-11(2)23-14-4-3-12(15(17)7-14)8-18-16-9-21(20-19-16)13-5-6-22-10-13/h3-4,7,9,11,13,18H,5-6,8,10H2,1-2H3. The van der Waals surface area contributed by atoms with E-state index < -0.39 is 0 Å². The summed E-state index contributed by atoms with van der Waals surface area (Å²) < 4.78 is 12.9. The number of rotatable bonds is 6. The molecule has 23 heavy (non-hydrogen) atoms. The second-order valence-corrected chi connectivity index (χ2v) is 6.28. The van der Waals surface area contributed by atoms with Crippen LogP contribution in [0.3, 0.4) is 0 Å². The van der Waals surface area contributed by atoms with Crippen molar-refractivity contribution in [2.24, 2.45) is 0 Å². The summed E-state index contributed by atoms with van der Waals surface area (Å²) in [5.74, 6) is 1.51. The van der Waals surface area contributed by atoms with E-state index in [1.165, 1.54) is 0 Å². The van der Waals surface area contributed by atoms with E-state index >= 15 is 0 Å². The summed E-state index contributed by atoms with van der Waals surface area (Å²) in [4.78, 5) is 0. The van der Waals surface area contributed by atoms with Crippen LogP contribution in [0.2, 0.25) is 5.02 Å². The molecule has 2 aromatic rings. The van der Waals surface area contributed by atoms with E-state index in [2.05, 4.69) is 15.6 Å². The molecule has 0 spiro atoms. The minimum absolute atomic E-state index is 0.129. The first-order valence-electron chi connectivity index (χ1n) is 7.80. The normalized spacial score (nSPS) is 17.7. The van der Waals surface area contributed by atoms with Gasteiger partial charge < -0.3 is 14.8 Å². The van der Waals surface area contributed by atoms with Crippen molar-refractivity contribution in [1.82, 2.24) is 15.0 Å². The molecule has 3 rings (SSSR count). The highest BCUT2D eigenvalue weighted by Crippen LogP contribution is 2.24. The first kappa shape index (κ1) is 16.1. The maximum atomic E-state index is 6.31. The smallest absolute Gasteiger partial charge is 0.168 e. The van der Waals surface area contributed by atoms with Gasteiger partial charge in [-0.15, -0.1) is 5.10 Å². The van der Waals surface area contributed by atoms with Crippen LogP contribution in [-0.4, -0.2) is 34.3 Å². The molecule has 0 radical (unpaired) electrons. The zero-order chi connectivity index (χ0) is 16.2. The zero-order valence-electron chi connectivity index (χ0n) is 13.3. The molecule has 6 nitrogen and oxygen atoms in total. The third kappa shape index (κ3) is 4.14. The van der Waals surface area contributed by atoms with Gasteiger partial charge in [0.15, 0.2) is 5.82 Å². The molecule has 1 aromatic heterocycles. The highest BCUT2D eigenvalue weighted by molar-refractivity contribution is 6.31. The van der Waals surface area contributed by atoms with Crippen molar-refractivity contribution in [1.29, 1.82) is 0 Å². The molecule has 1 N–H and O–H groups in total. The van der Waals surface area contributed by atoms with E-state index in [0.29, 0.717) is 18.2 Å². The number of nitrogens with zero attached hydrogens (tertiary/aromatic N) is 3. The van der Waals surface area contributed by atoms with E-state index in [4.69, 9.17) is 21.1 Å². The number of aromatic nitrogens is 3. The minimum Gasteiger partial charge on any atom is -0.491 e. The predicted molar refractivity (Wildman–Crippen MR) is 89.0 cm³/mol. The number of benzene rings is 1. The number of nitrogens with one attached hydrogen (secondary N) is 1. The van der Waals surface area contributed by atoms with E-state index in [1.54, 1.807) is 0 Å².